The molecule has 0 spiro atoms. The lowest BCUT2D eigenvalue weighted by Gasteiger charge is -2.08. The number of rotatable bonds is 16. The summed E-state index contributed by atoms with van der Waals surface area (Å²) in [4.78, 5) is 2.83. The van der Waals surface area contributed by atoms with E-state index < -0.39 is 0 Å². The fourth-order valence-electron chi connectivity index (χ4n) is 4.28. The minimum Gasteiger partial charge on any atom is -0.126 e. The summed E-state index contributed by atoms with van der Waals surface area (Å²) in [5.41, 5.74) is 0. The second-order valence-electron chi connectivity index (χ2n) is 9.10. The minimum atomic E-state index is 1.24. The molecule has 3 aromatic rings. The maximum Gasteiger partial charge on any atom is 0.00783 e. The van der Waals surface area contributed by atoms with Gasteiger partial charge in [0.2, 0.25) is 0 Å². The van der Waals surface area contributed by atoms with Gasteiger partial charge in [0.25, 0.3) is 0 Å². The van der Waals surface area contributed by atoms with Crippen LogP contribution in [-0.4, -0.2) is 11.5 Å². The van der Waals surface area contributed by atoms with Gasteiger partial charge < -0.3 is 0 Å². The van der Waals surface area contributed by atoms with Crippen molar-refractivity contribution in [1.29, 1.82) is 0 Å². The minimum absolute atomic E-state index is 1.24. The monoisotopic (exact) mass is 466 g/mol. The molecule has 0 amide bonds. The molecule has 3 rings (SSSR count). The van der Waals surface area contributed by atoms with Gasteiger partial charge in [-0.2, -0.15) is 0 Å². The van der Waals surface area contributed by atoms with Gasteiger partial charge in [-0.25, -0.2) is 0 Å². The van der Waals surface area contributed by atoms with Crippen molar-refractivity contribution in [2.75, 3.05) is 11.5 Å². The molecule has 32 heavy (non-hydrogen) atoms. The Morgan fingerprint density at radius 3 is 1.28 bits per heavy atom. The molecule has 0 bridgehead atoms. The zero-order valence-electron chi connectivity index (χ0n) is 20.3. The van der Waals surface area contributed by atoms with Gasteiger partial charge in [-0.15, -0.1) is 23.5 Å². The van der Waals surface area contributed by atoms with E-state index >= 15 is 0 Å². The fourth-order valence-corrected chi connectivity index (χ4v) is 6.20. The average molecular weight is 467 g/mol. The van der Waals surface area contributed by atoms with E-state index in [0.29, 0.717) is 0 Å². The Kier molecular flexibility index (Phi) is 11.9. The molecule has 0 nitrogen and oxygen atoms in total. The van der Waals surface area contributed by atoms with Crippen molar-refractivity contribution in [3.63, 3.8) is 0 Å². The third-order valence-corrected chi connectivity index (χ3v) is 8.43. The van der Waals surface area contributed by atoms with Gasteiger partial charge in [0.05, 0.1) is 0 Å². The molecule has 0 atom stereocenters. The molecule has 0 saturated carbocycles. The van der Waals surface area contributed by atoms with Gasteiger partial charge >= 0.3 is 0 Å². The molecule has 0 aliphatic rings. The Morgan fingerprint density at radius 1 is 0.438 bits per heavy atom. The van der Waals surface area contributed by atoms with Crippen LogP contribution in [-0.2, 0) is 0 Å². The van der Waals surface area contributed by atoms with Crippen LogP contribution < -0.4 is 0 Å². The molecule has 3 aromatic carbocycles. The number of unbranched alkanes of at least 4 members (excludes halogenated alkanes) is 10. The smallest absolute Gasteiger partial charge is 0.00783 e. The molecule has 0 heterocycles. The molecule has 0 aliphatic carbocycles. The van der Waals surface area contributed by atoms with E-state index in [2.05, 4.69) is 62.4 Å². The van der Waals surface area contributed by atoms with Crippen LogP contribution in [0.3, 0.4) is 0 Å². The van der Waals surface area contributed by atoms with Gasteiger partial charge in [-0.1, -0.05) is 90.2 Å². The topological polar surface area (TPSA) is 0 Å². The van der Waals surface area contributed by atoms with Crippen LogP contribution in [0.5, 0.6) is 0 Å². The van der Waals surface area contributed by atoms with Crippen molar-refractivity contribution in [3.8, 4) is 0 Å². The van der Waals surface area contributed by atoms with Crippen LogP contribution >= 0.6 is 23.5 Å². The maximum atomic E-state index is 2.39. The molecule has 0 fully saturated rings. The van der Waals surface area contributed by atoms with E-state index in [1.54, 1.807) is 0 Å². The van der Waals surface area contributed by atoms with Crippen molar-refractivity contribution in [2.45, 2.75) is 101 Å². The van der Waals surface area contributed by atoms with E-state index in [0.717, 1.165) is 0 Å². The molecular weight excluding hydrogens is 424 g/mol. The Labute approximate surface area is 205 Å². The van der Waals surface area contributed by atoms with E-state index in [9.17, 15) is 0 Å². The van der Waals surface area contributed by atoms with Crippen molar-refractivity contribution >= 4 is 45.1 Å². The molecular formula is C30H42S2. The van der Waals surface area contributed by atoms with Crippen LogP contribution in [0.25, 0.3) is 21.5 Å². The van der Waals surface area contributed by atoms with E-state index in [1.165, 1.54) is 120 Å². The summed E-state index contributed by atoms with van der Waals surface area (Å²) in [5.74, 6) is 2.48. The molecule has 0 radical (unpaired) electrons. The highest BCUT2D eigenvalue weighted by molar-refractivity contribution is 7.99. The Morgan fingerprint density at radius 2 is 0.844 bits per heavy atom. The van der Waals surface area contributed by atoms with Crippen molar-refractivity contribution in [3.05, 3.63) is 48.5 Å². The largest absolute Gasteiger partial charge is 0.126 e. The first-order valence-corrected chi connectivity index (χ1v) is 15.0. The normalized spacial score (nSPS) is 11.6. The van der Waals surface area contributed by atoms with Gasteiger partial charge in [-0.05, 0) is 82.3 Å². The van der Waals surface area contributed by atoms with Crippen LogP contribution in [0, 0.1) is 0 Å². The number of hydrogen-bond acceptors (Lipinski definition) is 2. The third kappa shape index (κ3) is 8.67. The molecule has 174 valence electrons. The van der Waals surface area contributed by atoms with Crippen molar-refractivity contribution in [2.24, 2.45) is 0 Å². The summed E-state index contributed by atoms with van der Waals surface area (Å²) in [6.07, 6.45) is 16.5. The van der Waals surface area contributed by atoms with Crippen LogP contribution in [0.15, 0.2) is 58.3 Å². The van der Waals surface area contributed by atoms with E-state index in [-0.39, 0.29) is 0 Å². The SMILES string of the molecule is CCCCCCCCSc1ccc2cc3cc(SCCCCCCCC)ccc3cc2c1. The van der Waals surface area contributed by atoms with Gasteiger partial charge in [0.15, 0.2) is 0 Å². The number of hydrogen-bond donors (Lipinski definition) is 0. The third-order valence-electron chi connectivity index (χ3n) is 6.27. The first kappa shape index (κ1) is 25.5. The van der Waals surface area contributed by atoms with Gasteiger partial charge in [0.1, 0.15) is 0 Å². The zero-order valence-corrected chi connectivity index (χ0v) is 22.0. The summed E-state index contributed by atoms with van der Waals surface area (Å²) >= 11 is 4.04. The highest BCUT2D eigenvalue weighted by atomic mass is 32.2. The molecule has 0 saturated heterocycles. The predicted octanol–water partition coefficient (Wildman–Crippen LogP) is 10.9. The van der Waals surface area contributed by atoms with Crippen LogP contribution in [0.1, 0.15) is 90.9 Å². The quantitative estimate of drug-likeness (QED) is 0.117. The second-order valence-corrected chi connectivity index (χ2v) is 11.4. The second kappa shape index (κ2) is 14.9. The first-order valence-electron chi connectivity index (χ1n) is 13.0. The summed E-state index contributed by atoms with van der Waals surface area (Å²) in [6.45, 7) is 4.57. The zero-order chi connectivity index (χ0) is 22.4. The average Bonchev–Trinajstić information content (AvgIpc) is 2.81. The summed E-state index contributed by atoms with van der Waals surface area (Å²) < 4.78 is 0. The Hall–Kier alpha value is -1.12. The van der Waals surface area contributed by atoms with Gasteiger partial charge in [-0.3, -0.25) is 0 Å². The van der Waals surface area contributed by atoms with Crippen molar-refractivity contribution < 1.29 is 0 Å². The van der Waals surface area contributed by atoms with Crippen LogP contribution in [0.4, 0.5) is 0 Å². The number of fused-ring (bicyclic) bond motifs is 2. The molecule has 0 aromatic heterocycles. The predicted molar refractivity (Wildman–Crippen MR) is 150 cm³/mol. The first-order chi connectivity index (χ1) is 15.8. The van der Waals surface area contributed by atoms with E-state index in [1.807, 2.05) is 23.5 Å². The number of benzene rings is 3. The Bertz CT molecular complexity index is 853. The lowest BCUT2D eigenvalue weighted by molar-refractivity contribution is 0.627. The van der Waals surface area contributed by atoms with E-state index in [4.69, 9.17) is 0 Å². The molecule has 0 unspecified atom stereocenters. The van der Waals surface area contributed by atoms with Gasteiger partial charge in [0, 0.05) is 9.79 Å². The fraction of sp³-hybridized carbons (Fsp3) is 0.533. The molecule has 0 N–H and O–H groups in total. The summed E-state index contributed by atoms with van der Waals surface area (Å²) in [6, 6.07) is 18.8. The maximum absolute atomic E-state index is 2.39. The lowest BCUT2D eigenvalue weighted by Crippen LogP contribution is -1.84. The summed E-state index contributed by atoms with van der Waals surface area (Å²) in [5, 5.41) is 5.47. The standard InChI is InChI=1S/C30H42S2/c1-3-5-7-9-11-13-19-31-29-17-15-25-22-28-24-30(18-16-26(28)21-27(25)23-29)32-20-14-12-10-8-6-4-2/h15-18,21-24H,3-14,19-20H2,1-2H3. The summed E-state index contributed by atoms with van der Waals surface area (Å²) in [7, 11) is 0. The van der Waals surface area contributed by atoms with Crippen molar-refractivity contribution in [1.82, 2.24) is 0 Å². The molecule has 0 aliphatic heterocycles. The molecule has 2 heteroatoms. The van der Waals surface area contributed by atoms with Crippen LogP contribution in [0.2, 0.25) is 0 Å². The highest BCUT2D eigenvalue weighted by Gasteiger charge is 2.03. The lowest BCUT2D eigenvalue weighted by atomic mass is 10.0. The number of thioether (sulfide) groups is 2. The Balaban J connectivity index is 1.51. The highest BCUT2D eigenvalue weighted by Crippen LogP contribution is 2.31.